The Kier molecular flexibility index (Phi) is 8.05. The Morgan fingerprint density at radius 1 is 1.31 bits per heavy atom. The van der Waals surface area contributed by atoms with E-state index in [1.165, 1.54) is 6.08 Å². The largest absolute Gasteiger partial charge is 0.490 e. The zero-order valence-corrected chi connectivity index (χ0v) is 18.3. The van der Waals surface area contributed by atoms with Crippen LogP contribution < -0.4 is 14.8 Å². The first-order valence-corrected chi connectivity index (χ1v) is 9.89. The van der Waals surface area contributed by atoms with Crippen LogP contribution in [0.5, 0.6) is 11.5 Å². The van der Waals surface area contributed by atoms with Gasteiger partial charge in [0.15, 0.2) is 11.5 Å². The quantitative estimate of drug-likeness (QED) is 0.321. The van der Waals surface area contributed by atoms with E-state index in [4.69, 9.17) is 9.47 Å². The maximum Gasteiger partial charge on any atom is 0.266 e. The number of ether oxygens (including phenoxy) is 2. The van der Waals surface area contributed by atoms with Gasteiger partial charge in [-0.3, -0.25) is 4.79 Å². The monoisotopic (exact) mass is 454 g/mol. The van der Waals surface area contributed by atoms with Gasteiger partial charge in [-0.2, -0.15) is 5.26 Å². The van der Waals surface area contributed by atoms with E-state index < -0.39 is 5.91 Å². The number of nitrogens with one attached hydrogen (secondary N) is 1. The summed E-state index contributed by atoms with van der Waals surface area (Å²) < 4.78 is 12.0. The van der Waals surface area contributed by atoms with Crippen molar-refractivity contribution in [2.24, 2.45) is 0 Å². The number of rotatable bonds is 8. The molecule has 0 aliphatic heterocycles. The van der Waals surface area contributed by atoms with Crippen LogP contribution in [0.25, 0.3) is 6.08 Å². The third kappa shape index (κ3) is 5.72. The van der Waals surface area contributed by atoms with E-state index >= 15 is 0 Å². The van der Waals surface area contributed by atoms with Crippen molar-refractivity contribution in [1.29, 1.82) is 5.26 Å². The second-order valence-corrected chi connectivity index (χ2v) is 7.09. The first kappa shape index (κ1) is 22.3. The summed E-state index contributed by atoms with van der Waals surface area (Å²) >= 11 is 3.47. The van der Waals surface area contributed by atoms with E-state index in [0.717, 1.165) is 11.1 Å². The topological polar surface area (TPSA) is 71.3 Å². The van der Waals surface area contributed by atoms with Crippen LogP contribution in [0.3, 0.4) is 0 Å². The van der Waals surface area contributed by atoms with Gasteiger partial charge in [-0.25, -0.2) is 0 Å². The van der Waals surface area contributed by atoms with E-state index in [1.54, 1.807) is 18.2 Å². The Morgan fingerprint density at radius 2 is 2.07 bits per heavy atom. The zero-order valence-electron chi connectivity index (χ0n) is 16.7. The number of carbonyl (C=O) groups excluding carboxylic acids is 1. The fraction of sp³-hybridized carbons (Fsp3) is 0.217. The molecule has 6 heteroatoms. The summed E-state index contributed by atoms with van der Waals surface area (Å²) in [6, 6.07) is 11.1. The molecule has 150 valence electrons. The van der Waals surface area contributed by atoms with E-state index in [1.807, 2.05) is 45.0 Å². The highest BCUT2D eigenvalue weighted by atomic mass is 79.9. The van der Waals surface area contributed by atoms with E-state index in [-0.39, 0.29) is 5.57 Å². The summed E-state index contributed by atoms with van der Waals surface area (Å²) in [5.74, 6) is 0.590. The van der Waals surface area contributed by atoms with Crippen molar-refractivity contribution < 1.29 is 14.3 Å². The van der Waals surface area contributed by atoms with Crippen molar-refractivity contribution in [2.75, 3.05) is 18.5 Å². The highest BCUT2D eigenvalue weighted by Crippen LogP contribution is 2.37. The number of hydrogen-bond acceptors (Lipinski definition) is 4. The van der Waals surface area contributed by atoms with Gasteiger partial charge in [0.1, 0.15) is 18.2 Å². The standard InChI is InChI=1S/C23H23BrN2O3/c1-5-10-29-22-19(24)12-17(13-21(22)28-6-2)11-18(14-25)23(27)26-20-9-7-8-15(3)16(20)4/h5,7-9,11-13H,1,6,10H2,2-4H3,(H,26,27)/b18-11-. The maximum atomic E-state index is 12.6. The molecule has 0 aliphatic rings. The van der Waals surface area contributed by atoms with Crippen molar-refractivity contribution in [3.8, 4) is 17.6 Å². The number of nitrogens with zero attached hydrogens (tertiary/aromatic N) is 1. The van der Waals surface area contributed by atoms with Crippen LogP contribution in [0.4, 0.5) is 5.69 Å². The first-order chi connectivity index (χ1) is 13.9. The summed E-state index contributed by atoms with van der Waals surface area (Å²) in [5.41, 5.74) is 3.33. The van der Waals surface area contributed by atoms with Crippen LogP contribution in [-0.4, -0.2) is 19.1 Å². The third-order valence-corrected chi connectivity index (χ3v) is 4.80. The fourth-order valence-electron chi connectivity index (χ4n) is 2.61. The van der Waals surface area contributed by atoms with Gasteiger partial charge in [0.25, 0.3) is 5.91 Å². The molecule has 0 saturated carbocycles. The summed E-state index contributed by atoms with van der Waals surface area (Å²) in [7, 11) is 0. The number of hydrogen-bond donors (Lipinski definition) is 1. The Balaban J connectivity index is 2.36. The lowest BCUT2D eigenvalue weighted by Crippen LogP contribution is -2.14. The van der Waals surface area contributed by atoms with E-state index in [0.29, 0.717) is 40.4 Å². The molecule has 29 heavy (non-hydrogen) atoms. The van der Waals surface area contributed by atoms with Crippen LogP contribution in [0.15, 0.2) is 53.0 Å². The summed E-state index contributed by atoms with van der Waals surface area (Å²) in [4.78, 5) is 12.6. The van der Waals surface area contributed by atoms with Gasteiger partial charge in [-0.1, -0.05) is 24.8 Å². The van der Waals surface area contributed by atoms with Crippen molar-refractivity contribution in [2.45, 2.75) is 20.8 Å². The zero-order chi connectivity index (χ0) is 21.4. The third-order valence-electron chi connectivity index (χ3n) is 4.21. The van der Waals surface area contributed by atoms with Crippen molar-refractivity contribution >= 4 is 33.6 Å². The Bertz CT molecular complexity index is 990. The van der Waals surface area contributed by atoms with Crippen molar-refractivity contribution in [3.63, 3.8) is 0 Å². The van der Waals surface area contributed by atoms with Gasteiger partial charge in [0.05, 0.1) is 11.1 Å². The molecular formula is C23H23BrN2O3. The van der Waals surface area contributed by atoms with Crippen LogP contribution >= 0.6 is 15.9 Å². The van der Waals surface area contributed by atoms with Gasteiger partial charge in [-0.15, -0.1) is 0 Å². The average Bonchev–Trinajstić information content (AvgIpc) is 2.69. The molecule has 0 aliphatic carbocycles. The summed E-state index contributed by atoms with van der Waals surface area (Å²) in [6.45, 7) is 10.2. The molecule has 1 amide bonds. The smallest absolute Gasteiger partial charge is 0.266 e. The Hall–Kier alpha value is -3.04. The number of benzene rings is 2. The summed E-state index contributed by atoms with van der Waals surface area (Å²) in [6.07, 6.45) is 3.16. The molecule has 0 saturated heterocycles. The number of halogens is 1. The average molecular weight is 455 g/mol. The molecule has 2 aromatic carbocycles. The second kappa shape index (κ2) is 10.5. The highest BCUT2D eigenvalue weighted by molar-refractivity contribution is 9.10. The molecule has 2 rings (SSSR count). The minimum absolute atomic E-state index is 0.0139. The molecule has 0 unspecified atom stereocenters. The number of aryl methyl sites for hydroxylation is 1. The van der Waals surface area contributed by atoms with Crippen LogP contribution in [-0.2, 0) is 4.79 Å². The predicted octanol–water partition coefficient (Wildman–Crippen LogP) is 5.58. The summed E-state index contributed by atoms with van der Waals surface area (Å²) in [5, 5.41) is 12.3. The lowest BCUT2D eigenvalue weighted by molar-refractivity contribution is -0.112. The van der Waals surface area contributed by atoms with Crippen molar-refractivity contribution in [1.82, 2.24) is 0 Å². The molecule has 0 atom stereocenters. The molecule has 5 nitrogen and oxygen atoms in total. The SMILES string of the molecule is C=CCOc1c(Br)cc(/C=C(/C#N)C(=O)Nc2cccc(C)c2C)cc1OCC. The van der Waals surface area contributed by atoms with Gasteiger partial charge >= 0.3 is 0 Å². The van der Waals surface area contributed by atoms with Crippen LogP contribution in [0.1, 0.15) is 23.6 Å². The molecule has 0 bridgehead atoms. The molecule has 2 aromatic rings. The molecule has 1 N–H and O–H groups in total. The van der Waals surface area contributed by atoms with Crippen LogP contribution in [0.2, 0.25) is 0 Å². The molecule has 0 aromatic heterocycles. The predicted molar refractivity (Wildman–Crippen MR) is 119 cm³/mol. The van der Waals surface area contributed by atoms with Crippen molar-refractivity contribution in [3.05, 3.63) is 69.7 Å². The second-order valence-electron chi connectivity index (χ2n) is 6.23. The van der Waals surface area contributed by atoms with E-state index in [9.17, 15) is 10.1 Å². The lowest BCUT2D eigenvalue weighted by Gasteiger charge is -2.14. The Morgan fingerprint density at radius 3 is 2.72 bits per heavy atom. The minimum atomic E-state index is -0.470. The van der Waals surface area contributed by atoms with Gasteiger partial charge in [-0.05, 0) is 77.7 Å². The molecule has 0 spiro atoms. The van der Waals surface area contributed by atoms with E-state index in [2.05, 4.69) is 27.8 Å². The Labute approximate surface area is 179 Å². The fourth-order valence-corrected chi connectivity index (χ4v) is 3.18. The number of amides is 1. The molecule has 0 radical (unpaired) electrons. The molecular weight excluding hydrogens is 432 g/mol. The normalized spacial score (nSPS) is 10.8. The van der Waals surface area contributed by atoms with Gasteiger partial charge < -0.3 is 14.8 Å². The highest BCUT2D eigenvalue weighted by Gasteiger charge is 2.15. The number of nitriles is 1. The number of carbonyl (C=O) groups is 1. The van der Waals surface area contributed by atoms with Gasteiger partial charge in [0.2, 0.25) is 0 Å². The first-order valence-electron chi connectivity index (χ1n) is 9.10. The minimum Gasteiger partial charge on any atom is -0.490 e. The lowest BCUT2D eigenvalue weighted by atomic mass is 10.1. The van der Waals surface area contributed by atoms with Gasteiger partial charge in [0, 0.05) is 5.69 Å². The molecule has 0 fully saturated rings. The van der Waals surface area contributed by atoms with Crippen LogP contribution in [0, 0.1) is 25.2 Å². The maximum absolute atomic E-state index is 12.6. The number of anilines is 1. The molecule has 0 heterocycles.